The fourth-order valence-corrected chi connectivity index (χ4v) is 4.87. The van der Waals surface area contributed by atoms with E-state index in [1.165, 1.54) is 11.5 Å². The highest BCUT2D eigenvalue weighted by molar-refractivity contribution is 6.44. The molecule has 0 unspecified atom stereocenters. The largest absolute Gasteiger partial charge is 0.403 e. The first kappa shape index (κ1) is 25.2. The van der Waals surface area contributed by atoms with Gasteiger partial charge in [0, 0.05) is 49.1 Å². The Bertz CT molecular complexity index is 1300. The second-order valence-electron chi connectivity index (χ2n) is 8.96. The Balaban J connectivity index is 1.64. The maximum absolute atomic E-state index is 13.6. The zero-order valence-corrected chi connectivity index (χ0v) is 19.0. The number of halogens is 5. The Hall–Kier alpha value is -3.90. The third kappa shape index (κ3) is 4.07. The summed E-state index contributed by atoms with van der Waals surface area (Å²) < 4.78 is 69.1. The van der Waals surface area contributed by atoms with Gasteiger partial charge in [0.05, 0.1) is 16.8 Å². The van der Waals surface area contributed by atoms with E-state index in [1.807, 2.05) is 0 Å². The van der Waals surface area contributed by atoms with Crippen LogP contribution in [0.3, 0.4) is 0 Å². The Morgan fingerprint density at radius 1 is 1.11 bits per heavy atom. The lowest BCUT2D eigenvalue weighted by atomic mass is 9.71. The average Bonchev–Trinajstić information content (AvgIpc) is 3.34. The minimum absolute atomic E-state index is 0.0324. The Kier molecular flexibility index (Phi) is 6.05. The van der Waals surface area contributed by atoms with Crippen LogP contribution in [0.4, 0.5) is 27.6 Å². The number of hydrogen-bond acceptors (Lipinski definition) is 5. The molecule has 0 atom stereocenters. The zero-order chi connectivity index (χ0) is 26.6. The maximum Gasteiger partial charge on any atom is 0.293 e. The number of nitrogens with zero attached hydrogens (tertiary/aromatic N) is 1. The summed E-state index contributed by atoms with van der Waals surface area (Å²) in [5.41, 5.74) is 9.22. The lowest BCUT2D eigenvalue weighted by Crippen LogP contribution is -2.65. The van der Waals surface area contributed by atoms with E-state index >= 15 is 0 Å². The zero-order valence-electron chi connectivity index (χ0n) is 19.0. The molecule has 6 N–H and O–H groups in total. The van der Waals surface area contributed by atoms with Crippen molar-refractivity contribution < 1.29 is 36.3 Å². The van der Waals surface area contributed by atoms with Gasteiger partial charge in [-0.05, 0) is 25.3 Å². The van der Waals surface area contributed by atoms with E-state index in [0.717, 1.165) is 6.20 Å². The van der Waals surface area contributed by atoms with E-state index in [-0.39, 0.29) is 28.2 Å². The lowest BCUT2D eigenvalue weighted by molar-refractivity contribution is -0.137. The summed E-state index contributed by atoms with van der Waals surface area (Å²) in [5, 5.41) is 4.55. The van der Waals surface area contributed by atoms with E-state index < -0.39 is 59.4 Å². The number of nitrogens with one attached hydrogen (secondary N) is 2. The third-order valence-electron chi connectivity index (χ3n) is 6.51. The number of carbonyl (C=O) groups excluding carboxylic acids is 3. The van der Waals surface area contributed by atoms with E-state index in [0.29, 0.717) is 37.2 Å². The molecule has 4 rings (SSSR count). The fourth-order valence-electron chi connectivity index (χ4n) is 4.87. The summed E-state index contributed by atoms with van der Waals surface area (Å²) in [5.74, 6) is -10.9. The van der Waals surface area contributed by atoms with Gasteiger partial charge in [-0.25, -0.2) is 22.0 Å². The summed E-state index contributed by atoms with van der Waals surface area (Å²) in [6, 6.07) is 1.20. The molecule has 192 valence electrons. The number of Topliss-reactive ketones (excluding diaryl/α,β-unsaturated/α-hetero) is 1. The van der Waals surface area contributed by atoms with Crippen LogP contribution in [0, 0.1) is 24.4 Å². The SMILES string of the molecule is Cc1c(C(=O)C(=O)NC2(/C(N)=C/N)CC(F)(F)C2)c2n(c1C(=O)Nc1cc(F)c(F)c(F)c1)CCC2. The van der Waals surface area contributed by atoms with Gasteiger partial charge in [0.1, 0.15) is 5.69 Å². The van der Waals surface area contributed by atoms with Crippen molar-refractivity contribution in [2.24, 2.45) is 11.5 Å². The van der Waals surface area contributed by atoms with Gasteiger partial charge >= 0.3 is 0 Å². The molecule has 2 heterocycles. The number of anilines is 1. The third-order valence-corrected chi connectivity index (χ3v) is 6.51. The van der Waals surface area contributed by atoms with Crippen LogP contribution in [0.1, 0.15) is 51.4 Å². The second-order valence-corrected chi connectivity index (χ2v) is 8.96. The molecule has 1 aromatic carbocycles. The van der Waals surface area contributed by atoms with Crippen LogP contribution < -0.4 is 22.1 Å². The molecule has 1 fully saturated rings. The van der Waals surface area contributed by atoms with Gasteiger partial charge in [-0.3, -0.25) is 14.4 Å². The normalized spacial score (nSPS) is 17.8. The highest BCUT2D eigenvalue weighted by atomic mass is 19.3. The highest BCUT2D eigenvalue weighted by Crippen LogP contribution is 2.48. The van der Waals surface area contributed by atoms with Crippen LogP contribution in [0.2, 0.25) is 0 Å². The molecule has 2 aromatic rings. The van der Waals surface area contributed by atoms with Crippen molar-refractivity contribution in [2.75, 3.05) is 5.32 Å². The summed E-state index contributed by atoms with van der Waals surface area (Å²) >= 11 is 0. The molecule has 36 heavy (non-hydrogen) atoms. The molecule has 2 amide bonds. The van der Waals surface area contributed by atoms with Gasteiger partial charge in [-0.2, -0.15) is 0 Å². The summed E-state index contributed by atoms with van der Waals surface area (Å²) in [7, 11) is 0. The number of hydrogen-bond donors (Lipinski definition) is 4. The second kappa shape index (κ2) is 8.64. The van der Waals surface area contributed by atoms with Crippen molar-refractivity contribution >= 4 is 23.3 Å². The van der Waals surface area contributed by atoms with Gasteiger partial charge in [-0.1, -0.05) is 0 Å². The van der Waals surface area contributed by atoms with E-state index in [9.17, 15) is 36.3 Å². The van der Waals surface area contributed by atoms with Crippen molar-refractivity contribution in [3.63, 3.8) is 0 Å². The molecule has 0 saturated heterocycles. The lowest BCUT2D eigenvalue weighted by Gasteiger charge is -2.47. The monoisotopic (exact) mass is 511 g/mol. The highest BCUT2D eigenvalue weighted by Gasteiger charge is 2.59. The Labute approximate surface area is 201 Å². The number of amides is 2. The standard InChI is InChI=1S/C23H22F5N5O3/c1-10-16(19(34)21(36)32-22(15(30)7-29)8-23(27,28)9-22)14-3-2-4-33(14)18(10)20(35)31-11-5-12(24)17(26)13(25)6-11/h5-7H,2-4,8-9,29-30H2,1H3,(H,31,35)(H,32,36)/b15-7-. The molecule has 8 nitrogen and oxygen atoms in total. The number of carbonyl (C=O) groups is 3. The number of aromatic nitrogens is 1. The minimum Gasteiger partial charge on any atom is -0.403 e. The Morgan fingerprint density at radius 2 is 1.72 bits per heavy atom. The van der Waals surface area contributed by atoms with Gasteiger partial charge in [0.25, 0.3) is 23.5 Å². The number of fused-ring (bicyclic) bond motifs is 1. The fraction of sp³-hybridized carbons (Fsp3) is 0.348. The van der Waals surface area contributed by atoms with Crippen molar-refractivity contribution in [1.29, 1.82) is 0 Å². The van der Waals surface area contributed by atoms with Gasteiger partial charge < -0.3 is 26.7 Å². The van der Waals surface area contributed by atoms with Crippen LogP contribution in [0.15, 0.2) is 24.0 Å². The number of nitrogens with two attached hydrogens (primary N) is 2. The molecular formula is C23H22F5N5O3. The first-order chi connectivity index (χ1) is 16.8. The summed E-state index contributed by atoms with van der Waals surface area (Å²) in [6.45, 7) is 1.73. The van der Waals surface area contributed by atoms with E-state index in [2.05, 4.69) is 10.6 Å². The molecular weight excluding hydrogens is 489 g/mol. The summed E-state index contributed by atoms with van der Waals surface area (Å²) in [6.07, 6.45) is 0.103. The average molecular weight is 511 g/mol. The minimum atomic E-state index is -3.10. The molecule has 1 aliphatic carbocycles. The molecule has 0 bridgehead atoms. The maximum atomic E-state index is 13.6. The van der Waals surface area contributed by atoms with Crippen molar-refractivity contribution in [3.05, 3.63) is 64.0 Å². The molecule has 1 aliphatic heterocycles. The van der Waals surface area contributed by atoms with Gasteiger partial charge in [0.2, 0.25) is 0 Å². The number of alkyl halides is 2. The summed E-state index contributed by atoms with van der Waals surface area (Å²) in [4.78, 5) is 39.0. The predicted octanol–water partition coefficient (Wildman–Crippen LogP) is 2.64. The molecule has 1 saturated carbocycles. The number of benzene rings is 1. The number of rotatable bonds is 6. The van der Waals surface area contributed by atoms with E-state index in [1.54, 1.807) is 0 Å². The molecule has 13 heteroatoms. The molecule has 1 aromatic heterocycles. The van der Waals surface area contributed by atoms with Crippen LogP contribution in [-0.4, -0.2) is 33.6 Å². The smallest absolute Gasteiger partial charge is 0.293 e. The first-order valence-electron chi connectivity index (χ1n) is 10.9. The predicted molar refractivity (Wildman–Crippen MR) is 118 cm³/mol. The molecule has 2 aliphatic rings. The Morgan fingerprint density at radius 3 is 2.28 bits per heavy atom. The van der Waals surface area contributed by atoms with Crippen LogP contribution in [-0.2, 0) is 17.8 Å². The van der Waals surface area contributed by atoms with Crippen molar-refractivity contribution in [1.82, 2.24) is 9.88 Å². The molecule has 0 radical (unpaired) electrons. The first-order valence-corrected chi connectivity index (χ1v) is 10.9. The van der Waals surface area contributed by atoms with E-state index in [4.69, 9.17) is 11.5 Å². The van der Waals surface area contributed by atoms with Crippen LogP contribution in [0.5, 0.6) is 0 Å². The van der Waals surface area contributed by atoms with Crippen LogP contribution >= 0.6 is 0 Å². The number of ketones is 1. The van der Waals surface area contributed by atoms with Gasteiger partial charge in [-0.15, -0.1) is 0 Å². The quantitative estimate of drug-likeness (QED) is 0.205. The topological polar surface area (TPSA) is 132 Å². The van der Waals surface area contributed by atoms with Gasteiger partial charge in [0.15, 0.2) is 17.5 Å². The van der Waals surface area contributed by atoms with Crippen molar-refractivity contribution in [3.8, 4) is 0 Å². The molecule has 0 spiro atoms. The van der Waals surface area contributed by atoms with Crippen molar-refractivity contribution in [2.45, 2.75) is 50.6 Å². The van der Waals surface area contributed by atoms with Crippen LogP contribution in [0.25, 0.3) is 0 Å².